The second kappa shape index (κ2) is 8.32. The zero-order valence-electron chi connectivity index (χ0n) is 16.9. The number of aromatic amines is 2. The van der Waals surface area contributed by atoms with E-state index in [-0.39, 0.29) is 11.8 Å². The van der Waals surface area contributed by atoms with Gasteiger partial charge in [-0.1, -0.05) is 66.2 Å². The number of H-pyrrole nitrogens is 2. The Bertz CT molecular complexity index is 1370. The van der Waals surface area contributed by atoms with Crippen molar-refractivity contribution in [2.45, 2.75) is 12.3 Å². The highest BCUT2D eigenvalue weighted by atomic mass is 35.5. The number of rotatable bonds is 6. The standard InChI is InChI=1S/C26H22ClN3O/c27-23-10-4-1-8-19(23)21(22-15-29-25-12-6-3-9-20(22)25)16-30-26(31)13-17-14-28-24-11-5-2-7-18(17)24/h1-12,14-15,21,28-29H,13,16H2,(H,30,31). The van der Waals surface area contributed by atoms with Gasteiger partial charge in [-0.15, -0.1) is 0 Å². The van der Waals surface area contributed by atoms with Gasteiger partial charge in [0.05, 0.1) is 6.42 Å². The van der Waals surface area contributed by atoms with Gasteiger partial charge in [0.15, 0.2) is 0 Å². The molecule has 2 heterocycles. The molecule has 0 aliphatic carbocycles. The predicted octanol–water partition coefficient (Wildman–Crippen LogP) is 5.79. The molecule has 0 aliphatic rings. The van der Waals surface area contributed by atoms with Crippen molar-refractivity contribution in [1.82, 2.24) is 15.3 Å². The molecular weight excluding hydrogens is 406 g/mol. The van der Waals surface area contributed by atoms with E-state index in [9.17, 15) is 4.79 Å². The Kier molecular flexibility index (Phi) is 5.23. The Hall–Kier alpha value is -3.50. The average molecular weight is 428 g/mol. The molecule has 0 saturated carbocycles. The lowest BCUT2D eigenvalue weighted by Crippen LogP contribution is -2.30. The first-order valence-corrected chi connectivity index (χ1v) is 10.7. The smallest absolute Gasteiger partial charge is 0.224 e. The Balaban J connectivity index is 1.41. The number of hydrogen-bond acceptors (Lipinski definition) is 1. The molecule has 0 spiro atoms. The number of fused-ring (bicyclic) bond motifs is 2. The van der Waals surface area contributed by atoms with E-state index in [1.165, 1.54) is 0 Å². The molecule has 5 heteroatoms. The van der Waals surface area contributed by atoms with Gasteiger partial charge in [-0.2, -0.15) is 0 Å². The summed E-state index contributed by atoms with van der Waals surface area (Å²) >= 11 is 6.56. The van der Waals surface area contributed by atoms with Crippen LogP contribution in [-0.2, 0) is 11.2 Å². The van der Waals surface area contributed by atoms with Crippen molar-refractivity contribution < 1.29 is 4.79 Å². The zero-order chi connectivity index (χ0) is 21.2. The molecule has 0 fully saturated rings. The van der Waals surface area contributed by atoms with Crippen LogP contribution in [0.5, 0.6) is 0 Å². The van der Waals surface area contributed by atoms with Crippen molar-refractivity contribution in [3.8, 4) is 0 Å². The summed E-state index contributed by atoms with van der Waals surface area (Å²) in [4.78, 5) is 19.4. The highest BCUT2D eigenvalue weighted by Gasteiger charge is 2.21. The van der Waals surface area contributed by atoms with Gasteiger partial charge in [-0.25, -0.2) is 0 Å². The molecule has 2 aromatic heterocycles. The van der Waals surface area contributed by atoms with Crippen molar-refractivity contribution in [3.63, 3.8) is 0 Å². The van der Waals surface area contributed by atoms with Gasteiger partial charge in [0, 0.05) is 51.7 Å². The van der Waals surface area contributed by atoms with E-state index < -0.39 is 0 Å². The fraction of sp³-hybridized carbons (Fsp3) is 0.115. The summed E-state index contributed by atoms with van der Waals surface area (Å²) in [6.07, 6.45) is 4.26. The van der Waals surface area contributed by atoms with Gasteiger partial charge in [0.25, 0.3) is 0 Å². The van der Waals surface area contributed by atoms with Crippen molar-refractivity contribution in [2.75, 3.05) is 6.54 Å². The van der Waals surface area contributed by atoms with Crippen LogP contribution in [0.1, 0.15) is 22.6 Å². The second-order valence-corrected chi connectivity index (χ2v) is 8.11. The number of benzene rings is 3. The summed E-state index contributed by atoms with van der Waals surface area (Å²) in [5.74, 6) is -0.0709. The third-order valence-electron chi connectivity index (χ3n) is 5.81. The quantitative estimate of drug-likeness (QED) is 0.315. The van der Waals surface area contributed by atoms with E-state index >= 15 is 0 Å². The molecule has 154 valence electrons. The van der Waals surface area contributed by atoms with Gasteiger partial charge in [-0.3, -0.25) is 4.79 Å². The largest absolute Gasteiger partial charge is 0.361 e. The van der Waals surface area contributed by atoms with E-state index in [0.29, 0.717) is 18.0 Å². The molecule has 31 heavy (non-hydrogen) atoms. The first kappa shape index (κ1) is 19.5. The molecule has 0 saturated heterocycles. The Labute approximate surface area is 185 Å². The van der Waals surface area contributed by atoms with Crippen LogP contribution in [0, 0.1) is 0 Å². The minimum absolute atomic E-state index is 0.0124. The second-order valence-electron chi connectivity index (χ2n) is 7.70. The van der Waals surface area contributed by atoms with Crippen LogP contribution in [0.2, 0.25) is 5.02 Å². The number of aromatic nitrogens is 2. The third-order valence-corrected chi connectivity index (χ3v) is 6.15. The maximum absolute atomic E-state index is 12.8. The minimum Gasteiger partial charge on any atom is -0.361 e. The lowest BCUT2D eigenvalue weighted by Gasteiger charge is -2.19. The van der Waals surface area contributed by atoms with E-state index in [2.05, 4.69) is 27.4 Å². The van der Waals surface area contributed by atoms with E-state index in [1.54, 1.807) is 0 Å². The predicted molar refractivity (Wildman–Crippen MR) is 127 cm³/mol. The molecule has 5 rings (SSSR count). The van der Waals surface area contributed by atoms with Crippen molar-refractivity contribution in [3.05, 3.63) is 107 Å². The monoisotopic (exact) mass is 427 g/mol. The van der Waals surface area contributed by atoms with Gasteiger partial charge in [-0.05, 0) is 34.9 Å². The summed E-state index contributed by atoms with van der Waals surface area (Å²) < 4.78 is 0. The molecule has 5 aromatic rings. The lowest BCUT2D eigenvalue weighted by molar-refractivity contribution is -0.120. The number of carbonyl (C=O) groups excluding carboxylic acids is 1. The van der Waals surface area contributed by atoms with Crippen LogP contribution >= 0.6 is 11.6 Å². The van der Waals surface area contributed by atoms with E-state index in [4.69, 9.17) is 11.6 Å². The number of hydrogen-bond donors (Lipinski definition) is 3. The topological polar surface area (TPSA) is 60.7 Å². The Morgan fingerprint density at radius 2 is 1.45 bits per heavy atom. The summed E-state index contributed by atoms with van der Waals surface area (Å²) in [6, 6.07) is 24.0. The summed E-state index contributed by atoms with van der Waals surface area (Å²) in [7, 11) is 0. The first-order chi connectivity index (χ1) is 15.2. The molecule has 3 N–H and O–H groups in total. The average Bonchev–Trinajstić information content (AvgIpc) is 3.40. The molecule has 0 bridgehead atoms. The summed E-state index contributed by atoms with van der Waals surface area (Å²) in [6.45, 7) is 0.465. The molecular formula is C26H22ClN3O. The van der Waals surface area contributed by atoms with Crippen molar-refractivity contribution in [1.29, 1.82) is 0 Å². The molecule has 1 unspecified atom stereocenters. The fourth-order valence-electron chi connectivity index (χ4n) is 4.26. The third kappa shape index (κ3) is 3.82. The van der Waals surface area contributed by atoms with Crippen molar-refractivity contribution in [2.24, 2.45) is 0 Å². The molecule has 0 aliphatic heterocycles. The van der Waals surface area contributed by atoms with Crippen LogP contribution in [0.3, 0.4) is 0 Å². The minimum atomic E-state index is -0.0585. The Morgan fingerprint density at radius 3 is 2.26 bits per heavy atom. The highest BCUT2D eigenvalue weighted by molar-refractivity contribution is 6.31. The zero-order valence-corrected chi connectivity index (χ0v) is 17.6. The molecule has 1 amide bonds. The van der Waals surface area contributed by atoms with Gasteiger partial charge in [0.1, 0.15) is 0 Å². The van der Waals surface area contributed by atoms with Crippen LogP contribution in [0.4, 0.5) is 0 Å². The number of nitrogens with one attached hydrogen (secondary N) is 3. The SMILES string of the molecule is O=C(Cc1c[nH]c2ccccc12)NCC(c1ccccc1Cl)c1c[nH]c2ccccc12. The van der Waals surface area contributed by atoms with Crippen molar-refractivity contribution >= 4 is 39.3 Å². The van der Waals surface area contributed by atoms with E-state index in [1.807, 2.05) is 73.1 Å². The maximum Gasteiger partial charge on any atom is 0.224 e. The number of carbonyl (C=O) groups is 1. The maximum atomic E-state index is 12.8. The van der Waals surface area contributed by atoms with E-state index in [0.717, 1.165) is 38.5 Å². The molecule has 3 aromatic carbocycles. The fourth-order valence-corrected chi connectivity index (χ4v) is 4.52. The molecule has 4 nitrogen and oxygen atoms in total. The van der Waals surface area contributed by atoms with Crippen LogP contribution in [0.15, 0.2) is 85.2 Å². The summed E-state index contributed by atoms with van der Waals surface area (Å²) in [5.41, 5.74) is 5.23. The number of para-hydroxylation sites is 2. The summed E-state index contributed by atoms with van der Waals surface area (Å²) in [5, 5.41) is 6.05. The van der Waals surface area contributed by atoms with Gasteiger partial charge in [0.2, 0.25) is 5.91 Å². The van der Waals surface area contributed by atoms with Crippen LogP contribution in [-0.4, -0.2) is 22.4 Å². The van der Waals surface area contributed by atoms with Gasteiger partial charge >= 0.3 is 0 Å². The Morgan fingerprint density at radius 1 is 0.806 bits per heavy atom. The molecule has 1 atom stereocenters. The number of halogens is 1. The number of amides is 1. The normalized spacial score (nSPS) is 12.3. The highest BCUT2D eigenvalue weighted by Crippen LogP contribution is 2.34. The molecule has 0 radical (unpaired) electrons. The van der Waals surface area contributed by atoms with Crippen LogP contribution in [0.25, 0.3) is 21.8 Å². The first-order valence-electron chi connectivity index (χ1n) is 10.3. The lowest BCUT2D eigenvalue weighted by atomic mass is 9.90. The van der Waals surface area contributed by atoms with Gasteiger partial charge < -0.3 is 15.3 Å². The van der Waals surface area contributed by atoms with Crippen LogP contribution < -0.4 is 5.32 Å².